The highest BCUT2D eigenvalue weighted by atomic mass is 16.5. The summed E-state index contributed by atoms with van der Waals surface area (Å²) in [5.74, 6) is 0. The van der Waals surface area contributed by atoms with Crippen LogP contribution >= 0.6 is 0 Å². The SMILES string of the molecule is O=COC/C=C/c1ccc(-c2ccccc2)cc1. The highest BCUT2D eigenvalue weighted by Gasteiger charge is 1.95. The van der Waals surface area contributed by atoms with E-state index in [0.717, 1.165) is 5.56 Å². The van der Waals surface area contributed by atoms with E-state index in [4.69, 9.17) is 0 Å². The molecule has 2 heteroatoms. The number of carbonyl (C=O) groups excluding carboxylic acids is 1. The maximum Gasteiger partial charge on any atom is 0.293 e. The maximum absolute atomic E-state index is 9.96. The van der Waals surface area contributed by atoms with Crippen LogP contribution in [0.5, 0.6) is 0 Å². The topological polar surface area (TPSA) is 26.3 Å². The van der Waals surface area contributed by atoms with Crippen LogP contribution in [0, 0.1) is 0 Å². The molecule has 0 fully saturated rings. The van der Waals surface area contributed by atoms with E-state index in [9.17, 15) is 4.79 Å². The molecule has 0 saturated carbocycles. The molecule has 0 heterocycles. The highest BCUT2D eigenvalue weighted by molar-refractivity contribution is 5.65. The van der Waals surface area contributed by atoms with Crippen LogP contribution < -0.4 is 0 Å². The first-order chi connectivity index (χ1) is 8.90. The first kappa shape index (κ1) is 12.1. The molecular weight excluding hydrogens is 224 g/mol. The van der Waals surface area contributed by atoms with E-state index >= 15 is 0 Å². The van der Waals surface area contributed by atoms with Crippen molar-refractivity contribution >= 4 is 12.5 Å². The van der Waals surface area contributed by atoms with Gasteiger partial charge in [-0.15, -0.1) is 0 Å². The molecule has 0 saturated heterocycles. The van der Waals surface area contributed by atoms with Crippen molar-refractivity contribution in [2.75, 3.05) is 6.61 Å². The predicted octanol–water partition coefficient (Wildman–Crippen LogP) is 3.54. The third-order valence-electron chi connectivity index (χ3n) is 2.59. The first-order valence-corrected chi connectivity index (χ1v) is 5.77. The number of benzene rings is 2. The van der Waals surface area contributed by atoms with Gasteiger partial charge >= 0.3 is 0 Å². The van der Waals surface area contributed by atoms with Gasteiger partial charge in [-0.05, 0) is 22.8 Å². The normalized spacial score (nSPS) is 10.4. The van der Waals surface area contributed by atoms with Crippen LogP contribution in [0.3, 0.4) is 0 Å². The molecule has 0 unspecified atom stereocenters. The minimum absolute atomic E-state index is 0.309. The lowest BCUT2D eigenvalue weighted by atomic mass is 10.0. The first-order valence-electron chi connectivity index (χ1n) is 5.77. The van der Waals surface area contributed by atoms with Gasteiger partial charge in [0.25, 0.3) is 6.47 Å². The lowest BCUT2D eigenvalue weighted by Crippen LogP contribution is -1.85. The lowest BCUT2D eigenvalue weighted by Gasteiger charge is -2.01. The monoisotopic (exact) mass is 238 g/mol. The summed E-state index contributed by atoms with van der Waals surface area (Å²) in [6.45, 7) is 0.757. The zero-order valence-corrected chi connectivity index (χ0v) is 9.95. The maximum atomic E-state index is 9.96. The van der Waals surface area contributed by atoms with E-state index in [0.29, 0.717) is 13.1 Å². The summed E-state index contributed by atoms with van der Waals surface area (Å²) < 4.78 is 4.58. The molecule has 0 N–H and O–H groups in total. The van der Waals surface area contributed by atoms with Crippen molar-refractivity contribution in [3.05, 3.63) is 66.2 Å². The van der Waals surface area contributed by atoms with E-state index in [2.05, 4.69) is 29.0 Å². The Kier molecular flexibility index (Phi) is 4.31. The van der Waals surface area contributed by atoms with Gasteiger partial charge in [-0.1, -0.05) is 60.7 Å². The van der Waals surface area contributed by atoms with E-state index in [-0.39, 0.29) is 0 Å². The Morgan fingerprint density at radius 1 is 0.889 bits per heavy atom. The number of rotatable bonds is 5. The molecule has 18 heavy (non-hydrogen) atoms. The van der Waals surface area contributed by atoms with Crippen molar-refractivity contribution in [2.24, 2.45) is 0 Å². The minimum atomic E-state index is 0.309. The number of hydrogen-bond donors (Lipinski definition) is 0. The second-order valence-electron chi connectivity index (χ2n) is 3.82. The third-order valence-corrected chi connectivity index (χ3v) is 2.59. The molecular formula is C16H14O2. The van der Waals surface area contributed by atoms with E-state index in [1.54, 1.807) is 0 Å². The minimum Gasteiger partial charge on any atom is -0.464 e. The molecule has 2 rings (SSSR count). The van der Waals surface area contributed by atoms with Crippen LogP contribution in [0.1, 0.15) is 5.56 Å². The molecule has 0 aliphatic heterocycles. The number of ether oxygens (including phenoxy) is 1. The summed E-state index contributed by atoms with van der Waals surface area (Å²) in [7, 11) is 0. The Morgan fingerprint density at radius 2 is 1.56 bits per heavy atom. The Bertz CT molecular complexity index is 513. The lowest BCUT2D eigenvalue weighted by molar-refractivity contribution is -0.127. The molecule has 0 aromatic heterocycles. The summed E-state index contributed by atoms with van der Waals surface area (Å²) in [6, 6.07) is 18.5. The second kappa shape index (κ2) is 6.40. The molecule has 0 amide bonds. The van der Waals surface area contributed by atoms with E-state index in [1.807, 2.05) is 42.5 Å². The van der Waals surface area contributed by atoms with Gasteiger partial charge in [0.2, 0.25) is 0 Å². The average Bonchev–Trinajstić information content (AvgIpc) is 2.45. The Balaban J connectivity index is 2.06. The summed E-state index contributed by atoms with van der Waals surface area (Å²) >= 11 is 0. The largest absolute Gasteiger partial charge is 0.464 e. The molecule has 0 atom stereocenters. The number of hydrogen-bond acceptors (Lipinski definition) is 2. The van der Waals surface area contributed by atoms with Crippen LogP contribution in [0.25, 0.3) is 17.2 Å². The fourth-order valence-electron chi connectivity index (χ4n) is 1.70. The molecule has 2 nitrogen and oxygen atoms in total. The van der Waals surface area contributed by atoms with Crippen molar-refractivity contribution in [3.8, 4) is 11.1 Å². The molecule has 0 aliphatic rings. The van der Waals surface area contributed by atoms with Gasteiger partial charge in [-0.2, -0.15) is 0 Å². The van der Waals surface area contributed by atoms with Crippen molar-refractivity contribution < 1.29 is 9.53 Å². The van der Waals surface area contributed by atoms with Crippen molar-refractivity contribution in [3.63, 3.8) is 0 Å². The van der Waals surface area contributed by atoms with Crippen LogP contribution in [0.4, 0.5) is 0 Å². The molecule has 0 spiro atoms. The summed E-state index contributed by atoms with van der Waals surface area (Å²) in [5, 5.41) is 0. The van der Waals surface area contributed by atoms with E-state index < -0.39 is 0 Å². The Labute approximate surface area is 107 Å². The molecule has 0 aliphatic carbocycles. The number of carbonyl (C=O) groups is 1. The van der Waals surface area contributed by atoms with Crippen LogP contribution in [-0.2, 0) is 9.53 Å². The summed E-state index contributed by atoms with van der Waals surface area (Å²) in [5.41, 5.74) is 3.48. The Hall–Kier alpha value is -2.35. The van der Waals surface area contributed by atoms with E-state index in [1.165, 1.54) is 11.1 Å². The third kappa shape index (κ3) is 3.32. The molecule has 2 aromatic carbocycles. The van der Waals surface area contributed by atoms with Gasteiger partial charge in [0.1, 0.15) is 6.61 Å². The van der Waals surface area contributed by atoms with Crippen LogP contribution in [0.2, 0.25) is 0 Å². The standard InChI is InChI=1S/C16H14O2/c17-13-18-12-4-5-14-8-10-16(11-9-14)15-6-2-1-3-7-15/h1-11,13H,12H2/b5-4+. The second-order valence-corrected chi connectivity index (χ2v) is 3.82. The van der Waals surface area contributed by atoms with Gasteiger partial charge in [-0.25, -0.2) is 0 Å². The van der Waals surface area contributed by atoms with Crippen molar-refractivity contribution in [1.82, 2.24) is 0 Å². The van der Waals surface area contributed by atoms with Crippen LogP contribution in [-0.4, -0.2) is 13.1 Å². The van der Waals surface area contributed by atoms with Gasteiger partial charge in [-0.3, -0.25) is 4.79 Å². The van der Waals surface area contributed by atoms with Gasteiger partial charge in [0, 0.05) is 0 Å². The smallest absolute Gasteiger partial charge is 0.293 e. The molecule has 0 radical (unpaired) electrons. The zero-order valence-electron chi connectivity index (χ0n) is 9.95. The highest BCUT2D eigenvalue weighted by Crippen LogP contribution is 2.19. The Morgan fingerprint density at radius 3 is 2.22 bits per heavy atom. The van der Waals surface area contributed by atoms with Gasteiger partial charge in [0.15, 0.2) is 0 Å². The van der Waals surface area contributed by atoms with Crippen molar-refractivity contribution in [1.29, 1.82) is 0 Å². The molecule has 0 bridgehead atoms. The summed E-state index contributed by atoms with van der Waals surface area (Å²) in [4.78, 5) is 9.96. The fraction of sp³-hybridized carbons (Fsp3) is 0.0625. The summed E-state index contributed by atoms with van der Waals surface area (Å²) in [6.07, 6.45) is 3.74. The quantitative estimate of drug-likeness (QED) is 0.588. The van der Waals surface area contributed by atoms with Gasteiger partial charge in [0.05, 0.1) is 0 Å². The van der Waals surface area contributed by atoms with Gasteiger partial charge < -0.3 is 4.74 Å². The molecule has 90 valence electrons. The average molecular weight is 238 g/mol. The van der Waals surface area contributed by atoms with Crippen LogP contribution in [0.15, 0.2) is 60.7 Å². The van der Waals surface area contributed by atoms with Crippen molar-refractivity contribution in [2.45, 2.75) is 0 Å². The molecule has 2 aromatic rings. The fourth-order valence-corrected chi connectivity index (χ4v) is 1.70. The zero-order chi connectivity index (χ0) is 12.6. The predicted molar refractivity (Wildman–Crippen MR) is 72.9 cm³/mol.